The number of esters is 1. The van der Waals surface area contributed by atoms with Crippen LogP contribution >= 0.6 is 11.3 Å². The highest BCUT2D eigenvalue weighted by atomic mass is 32.2. The summed E-state index contributed by atoms with van der Waals surface area (Å²) >= 11 is 1.18. The number of methoxy groups -OCH3 is 3. The van der Waals surface area contributed by atoms with Crippen LogP contribution in [0.25, 0.3) is 0 Å². The van der Waals surface area contributed by atoms with Crippen molar-refractivity contribution in [2.45, 2.75) is 37.5 Å². The van der Waals surface area contributed by atoms with E-state index >= 15 is 0 Å². The van der Waals surface area contributed by atoms with Gasteiger partial charge in [-0.05, 0) is 17.9 Å². The lowest BCUT2D eigenvalue weighted by atomic mass is 10.2. The molecule has 2 aromatic rings. The first-order valence-corrected chi connectivity index (χ1v) is 11.4. The summed E-state index contributed by atoms with van der Waals surface area (Å²) < 4.78 is 31.4. The molecule has 0 aliphatic carbocycles. The molecular weight excluding hydrogens is 412 g/mol. The number of carbonyl (C=O) groups is 1. The molecule has 0 radical (unpaired) electrons. The Kier molecular flexibility index (Phi) is 9.27. The van der Waals surface area contributed by atoms with Crippen molar-refractivity contribution in [2.24, 2.45) is 0 Å². The molecular formula is C20H28N2O5S2. The zero-order chi connectivity index (χ0) is 21.2. The van der Waals surface area contributed by atoms with E-state index in [-0.39, 0.29) is 0 Å². The summed E-state index contributed by atoms with van der Waals surface area (Å²) in [4.78, 5) is 12.5. The second-order valence-corrected chi connectivity index (χ2v) is 8.31. The van der Waals surface area contributed by atoms with Gasteiger partial charge in [-0.15, -0.1) is 11.3 Å². The molecule has 0 aliphatic heterocycles. The smallest absolute Gasteiger partial charge is 0.349 e. The Morgan fingerprint density at radius 3 is 2.41 bits per heavy atom. The van der Waals surface area contributed by atoms with Gasteiger partial charge in [-0.2, -0.15) is 0 Å². The van der Waals surface area contributed by atoms with Crippen LogP contribution in [0.2, 0.25) is 0 Å². The van der Waals surface area contributed by atoms with E-state index in [1.807, 2.05) is 6.07 Å². The fourth-order valence-corrected chi connectivity index (χ4v) is 4.80. The molecule has 1 aromatic carbocycles. The van der Waals surface area contributed by atoms with Crippen molar-refractivity contribution in [1.29, 1.82) is 0 Å². The summed E-state index contributed by atoms with van der Waals surface area (Å²) in [6.45, 7) is 3.01. The fraction of sp³-hybridized carbons (Fsp3) is 0.450. The van der Waals surface area contributed by atoms with Gasteiger partial charge in [0.1, 0.15) is 16.4 Å². The van der Waals surface area contributed by atoms with Crippen LogP contribution in [0.3, 0.4) is 0 Å². The molecule has 1 unspecified atom stereocenters. The highest BCUT2D eigenvalue weighted by molar-refractivity contribution is 7.86. The predicted molar refractivity (Wildman–Crippen MR) is 118 cm³/mol. The van der Waals surface area contributed by atoms with Crippen molar-refractivity contribution in [3.8, 4) is 11.5 Å². The third kappa shape index (κ3) is 6.11. The van der Waals surface area contributed by atoms with E-state index < -0.39 is 17.0 Å². The van der Waals surface area contributed by atoms with Crippen molar-refractivity contribution in [2.75, 3.05) is 37.9 Å². The lowest BCUT2D eigenvalue weighted by Gasteiger charge is -2.17. The van der Waals surface area contributed by atoms with Crippen LogP contribution in [-0.4, -0.2) is 38.1 Å². The molecule has 0 fully saturated rings. The number of unbranched alkanes of at least 4 members (excludes halogenated alkanes) is 3. The number of hydrogen-bond acceptors (Lipinski definition) is 7. The first kappa shape index (κ1) is 23.0. The van der Waals surface area contributed by atoms with Crippen LogP contribution < -0.4 is 19.5 Å². The molecule has 0 aliphatic rings. The van der Waals surface area contributed by atoms with Gasteiger partial charge in [-0.25, -0.2) is 9.00 Å². The van der Waals surface area contributed by atoms with Crippen LogP contribution in [0.1, 0.15) is 42.3 Å². The average molecular weight is 441 g/mol. The number of nitrogens with one attached hydrogen (secondary N) is 2. The highest BCUT2D eigenvalue weighted by Crippen LogP contribution is 2.37. The largest absolute Gasteiger partial charge is 0.495 e. The third-order valence-corrected chi connectivity index (χ3v) is 6.44. The molecule has 9 heteroatoms. The number of anilines is 2. The molecule has 2 N–H and O–H groups in total. The summed E-state index contributed by atoms with van der Waals surface area (Å²) in [5.74, 6) is 0.613. The highest BCUT2D eigenvalue weighted by Gasteiger charge is 2.20. The first-order chi connectivity index (χ1) is 14.0. The molecule has 0 bridgehead atoms. The van der Waals surface area contributed by atoms with E-state index in [1.54, 1.807) is 31.7 Å². The number of thiophene rings is 1. The van der Waals surface area contributed by atoms with Crippen LogP contribution in [-0.2, 0) is 15.7 Å². The van der Waals surface area contributed by atoms with Gasteiger partial charge in [0.2, 0.25) is 0 Å². The van der Waals surface area contributed by atoms with Gasteiger partial charge in [0, 0.05) is 18.7 Å². The SMILES string of the molecule is CCCCCCNc1cc(OC)c(NS(=O)c2ccsc2C(=O)OC)cc1OC. The molecule has 1 heterocycles. The molecule has 0 spiro atoms. The van der Waals surface area contributed by atoms with Crippen LogP contribution in [0, 0.1) is 0 Å². The molecule has 2 rings (SSSR count). The molecule has 0 saturated carbocycles. The molecule has 7 nitrogen and oxygen atoms in total. The van der Waals surface area contributed by atoms with Crippen LogP contribution in [0.15, 0.2) is 28.5 Å². The lowest BCUT2D eigenvalue weighted by Crippen LogP contribution is -2.11. The third-order valence-electron chi connectivity index (χ3n) is 4.27. The Hall–Kier alpha value is -2.26. The predicted octanol–water partition coefficient (Wildman–Crippen LogP) is 4.68. The van der Waals surface area contributed by atoms with Crippen molar-refractivity contribution in [3.63, 3.8) is 0 Å². The Bertz CT molecular complexity index is 838. The standard InChI is InChI=1S/C20H28N2O5S2/c1-5-6-7-8-10-21-14-12-17(26-3)15(13-16(14)25-2)22-29(24)18-9-11-28-19(18)20(23)27-4/h9,11-13,21-22H,5-8,10H2,1-4H3. The summed E-state index contributed by atoms with van der Waals surface area (Å²) in [6.07, 6.45) is 4.64. The van der Waals surface area contributed by atoms with Gasteiger partial charge in [-0.3, -0.25) is 4.72 Å². The van der Waals surface area contributed by atoms with E-state index in [4.69, 9.17) is 14.2 Å². The van der Waals surface area contributed by atoms with E-state index in [0.29, 0.717) is 27.0 Å². The zero-order valence-electron chi connectivity index (χ0n) is 17.2. The van der Waals surface area contributed by atoms with E-state index in [0.717, 1.165) is 18.7 Å². The number of hydrogen-bond donors (Lipinski definition) is 2. The second-order valence-electron chi connectivity index (χ2n) is 6.22. The molecule has 0 amide bonds. The second kappa shape index (κ2) is 11.7. The van der Waals surface area contributed by atoms with E-state index in [1.165, 1.54) is 37.7 Å². The van der Waals surface area contributed by atoms with E-state index in [9.17, 15) is 9.00 Å². The number of carbonyl (C=O) groups excluding carboxylic acids is 1. The molecule has 160 valence electrons. The summed E-state index contributed by atoms with van der Waals surface area (Å²) in [5, 5.41) is 5.07. The fourth-order valence-electron chi connectivity index (χ4n) is 2.73. The van der Waals surface area contributed by atoms with Gasteiger partial charge in [0.25, 0.3) is 0 Å². The van der Waals surface area contributed by atoms with Gasteiger partial charge in [0.05, 0.1) is 37.6 Å². The van der Waals surface area contributed by atoms with Crippen molar-refractivity contribution in [3.05, 3.63) is 28.5 Å². The van der Waals surface area contributed by atoms with Crippen molar-refractivity contribution >= 4 is 39.7 Å². The summed E-state index contributed by atoms with van der Waals surface area (Å²) in [5.41, 5.74) is 1.31. The quantitative estimate of drug-likeness (QED) is 0.368. The Labute approximate surface area is 178 Å². The minimum atomic E-state index is -1.67. The maximum absolute atomic E-state index is 12.8. The molecule has 1 atom stereocenters. The lowest BCUT2D eigenvalue weighted by molar-refractivity contribution is 0.0602. The summed E-state index contributed by atoms with van der Waals surface area (Å²) in [7, 11) is 2.75. The topological polar surface area (TPSA) is 85.9 Å². The number of rotatable bonds is 12. The van der Waals surface area contributed by atoms with Gasteiger partial charge >= 0.3 is 5.97 Å². The molecule has 1 aromatic heterocycles. The average Bonchev–Trinajstić information content (AvgIpc) is 3.23. The Morgan fingerprint density at radius 2 is 1.76 bits per heavy atom. The minimum absolute atomic E-state index is 0.301. The van der Waals surface area contributed by atoms with Gasteiger partial charge < -0.3 is 19.5 Å². The maximum Gasteiger partial charge on any atom is 0.349 e. The first-order valence-electron chi connectivity index (χ1n) is 9.39. The zero-order valence-corrected chi connectivity index (χ0v) is 18.8. The number of benzene rings is 1. The monoisotopic (exact) mass is 440 g/mol. The Balaban J connectivity index is 2.19. The Morgan fingerprint density at radius 1 is 1.07 bits per heavy atom. The van der Waals surface area contributed by atoms with Crippen LogP contribution in [0.4, 0.5) is 11.4 Å². The van der Waals surface area contributed by atoms with Crippen molar-refractivity contribution in [1.82, 2.24) is 0 Å². The normalized spacial score (nSPS) is 11.6. The van der Waals surface area contributed by atoms with Gasteiger partial charge in [-0.1, -0.05) is 26.2 Å². The minimum Gasteiger partial charge on any atom is -0.495 e. The molecule has 0 saturated heterocycles. The van der Waals surface area contributed by atoms with Crippen molar-refractivity contribution < 1.29 is 23.2 Å². The van der Waals surface area contributed by atoms with Crippen LogP contribution in [0.5, 0.6) is 11.5 Å². The maximum atomic E-state index is 12.8. The molecule has 29 heavy (non-hydrogen) atoms. The number of ether oxygens (including phenoxy) is 3. The van der Waals surface area contributed by atoms with Gasteiger partial charge in [0.15, 0.2) is 11.0 Å². The van der Waals surface area contributed by atoms with E-state index in [2.05, 4.69) is 17.0 Å². The summed E-state index contributed by atoms with van der Waals surface area (Å²) in [6, 6.07) is 5.18.